The van der Waals surface area contributed by atoms with Crippen molar-refractivity contribution < 1.29 is 4.39 Å². The Morgan fingerprint density at radius 1 is 1.25 bits per heavy atom. The first kappa shape index (κ1) is 16.0. The molecule has 2 rings (SSSR count). The maximum Gasteiger partial charge on any atom is 0.142 e. The van der Waals surface area contributed by atoms with Crippen molar-refractivity contribution in [2.45, 2.75) is 12.5 Å². The van der Waals surface area contributed by atoms with Gasteiger partial charge in [0.05, 0.1) is 5.02 Å². The molecule has 0 radical (unpaired) electrons. The Balaban J connectivity index is 2.34. The van der Waals surface area contributed by atoms with Crippen LogP contribution in [-0.2, 0) is 6.42 Å². The van der Waals surface area contributed by atoms with E-state index in [-0.39, 0.29) is 16.9 Å². The quantitative estimate of drug-likeness (QED) is 0.663. The molecular weight excluding hydrogens is 411 g/mol. The highest BCUT2D eigenvalue weighted by atomic mass is 127. The predicted octanol–water partition coefficient (Wildman–Crippen LogP) is 5.24. The van der Waals surface area contributed by atoms with Crippen molar-refractivity contribution in [3.05, 3.63) is 67.0 Å². The second kappa shape index (κ2) is 7.07. The molecule has 1 nitrogen and oxygen atoms in total. The maximum atomic E-state index is 13.5. The zero-order valence-corrected chi connectivity index (χ0v) is 14.4. The second-order valence-electron chi connectivity index (χ2n) is 4.42. The third kappa shape index (κ3) is 3.64. The monoisotopic (exact) mass is 423 g/mol. The highest BCUT2D eigenvalue weighted by molar-refractivity contribution is 14.1. The topological polar surface area (TPSA) is 12.0 Å². The number of hydrogen-bond acceptors (Lipinski definition) is 1. The minimum absolute atomic E-state index is 0.0277. The van der Waals surface area contributed by atoms with Crippen LogP contribution in [0.3, 0.4) is 0 Å². The Bertz CT molecular complexity index is 619. The van der Waals surface area contributed by atoms with Crippen LogP contribution in [0.25, 0.3) is 0 Å². The van der Waals surface area contributed by atoms with E-state index in [9.17, 15) is 4.39 Å². The van der Waals surface area contributed by atoms with E-state index in [1.807, 2.05) is 31.3 Å². The molecule has 0 aromatic heterocycles. The van der Waals surface area contributed by atoms with Crippen LogP contribution in [0.1, 0.15) is 17.2 Å². The zero-order chi connectivity index (χ0) is 14.7. The van der Waals surface area contributed by atoms with Gasteiger partial charge in [-0.15, -0.1) is 0 Å². The number of benzene rings is 2. The summed E-state index contributed by atoms with van der Waals surface area (Å²) in [4.78, 5) is 0. The predicted molar refractivity (Wildman–Crippen MR) is 91.1 cm³/mol. The van der Waals surface area contributed by atoms with E-state index in [1.165, 1.54) is 6.07 Å². The summed E-state index contributed by atoms with van der Waals surface area (Å²) in [5.74, 6) is -0.389. The molecule has 0 saturated heterocycles. The van der Waals surface area contributed by atoms with Gasteiger partial charge in [0.25, 0.3) is 0 Å². The molecule has 20 heavy (non-hydrogen) atoms. The van der Waals surface area contributed by atoms with Crippen LogP contribution in [0.2, 0.25) is 10.0 Å². The number of likely N-dealkylation sites (N-methyl/N-ethyl adjacent to an activating group) is 1. The van der Waals surface area contributed by atoms with Crippen molar-refractivity contribution in [1.82, 2.24) is 5.32 Å². The average Bonchev–Trinajstić information content (AvgIpc) is 2.43. The summed E-state index contributed by atoms with van der Waals surface area (Å²) in [5.41, 5.74) is 1.86. The lowest BCUT2D eigenvalue weighted by atomic mass is 9.99. The van der Waals surface area contributed by atoms with E-state index in [2.05, 4.69) is 27.9 Å². The van der Waals surface area contributed by atoms with Crippen molar-refractivity contribution in [1.29, 1.82) is 0 Å². The summed E-state index contributed by atoms with van der Waals surface area (Å²) < 4.78 is 14.6. The fourth-order valence-electron chi connectivity index (χ4n) is 2.08. The number of rotatable bonds is 4. The summed E-state index contributed by atoms with van der Waals surface area (Å²) in [5, 5.41) is 4.11. The maximum absolute atomic E-state index is 13.5. The van der Waals surface area contributed by atoms with Gasteiger partial charge in [0.1, 0.15) is 5.82 Å². The van der Waals surface area contributed by atoms with Crippen LogP contribution in [0.5, 0.6) is 0 Å². The first-order valence-corrected chi connectivity index (χ1v) is 7.91. The molecule has 0 amide bonds. The van der Waals surface area contributed by atoms with Gasteiger partial charge < -0.3 is 5.32 Å². The summed E-state index contributed by atoms with van der Waals surface area (Å²) in [6.45, 7) is 0. The van der Waals surface area contributed by atoms with Crippen molar-refractivity contribution in [3.63, 3.8) is 0 Å². The van der Waals surface area contributed by atoms with Crippen molar-refractivity contribution in [2.24, 2.45) is 0 Å². The van der Waals surface area contributed by atoms with Crippen molar-refractivity contribution in [2.75, 3.05) is 7.05 Å². The van der Waals surface area contributed by atoms with Gasteiger partial charge >= 0.3 is 0 Å². The first-order chi connectivity index (χ1) is 9.52. The van der Waals surface area contributed by atoms with E-state index in [4.69, 9.17) is 23.2 Å². The van der Waals surface area contributed by atoms with Crippen LogP contribution in [0.4, 0.5) is 4.39 Å². The molecule has 0 heterocycles. The molecule has 0 saturated carbocycles. The molecule has 0 spiro atoms. The Morgan fingerprint density at radius 3 is 2.70 bits per heavy atom. The standard InChI is InChI=1S/C15H13Cl2FIN/c1-20-14(11-8-10(16)5-6-13(11)19)7-9-3-2-4-12(18)15(9)17/h2-6,8,14,20H,7H2,1H3. The highest BCUT2D eigenvalue weighted by Gasteiger charge is 2.16. The lowest BCUT2D eigenvalue weighted by molar-refractivity contribution is 0.582. The second-order valence-corrected chi connectivity index (χ2v) is 6.40. The lowest BCUT2D eigenvalue weighted by Gasteiger charge is -2.19. The van der Waals surface area contributed by atoms with Gasteiger partial charge in [-0.2, -0.15) is 0 Å². The molecule has 1 N–H and O–H groups in total. The average molecular weight is 424 g/mol. The van der Waals surface area contributed by atoms with Crippen LogP contribution in [-0.4, -0.2) is 7.05 Å². The van der Waals surface area contributed by atoms with Gasteiger partial charge in [-0.25, -0.2) is 4.39 Å². The summed E-state index contributed by atoms with van der Waals surface area (Å²) in [7, 11) is 1.87. The molecule has 0 aliphatic carbocycles. The Labute approximate surface area is 141 Å². The largest absolute Gasteiger partial charge is 0.313 e. The van der Waals surface area contributed by atoms with Crippen LogP contribution >= 0.6 is 45.8 Å². The minimum atomic E-state index is -0.389. The third-order valence-corrected chi connectivity index (χ3v) is 4.78. The normalized spacial score (nSPS) is 12.4. The van der Waals surface area contributed by atoms with E-state index in [0.29, 0.717) is 11.4 Å². The number of nitrogens with one attached hydrogen (secondary N) is 1. The third-order valence-electron chi connectivity index (χ3n) is 3.14. The highest BCUT2D eigenvalue weighted by Crippen LogP contribution is 2.29. The molecule has 1 atom stereocenters. The van der Waals surface area contributed by atoms with E-state index < -0.39 is 0 Å². The van der Waals surface area contributed by atoms with Crippen molar-refractivity contribution in [3.8, 4) is 0 Å². The number of hydrogen-bond donors (Lipinski definition) is 1. The van der Waals surface area contributed by atoms with E-state index in [1.54, 1.807) is 6.07 Å². The van der Waals surface area contributed by atoms with Gasteiger partial charge in [-0.3, -0.25) is 0 Å². The van der Waals surface area contributed by atoms with Gasteiger partial charge in [0, 0.05) is 14.6 Å². The molecule has 5 heteroatoms. The minimum Gasteiger partial charge on any atom is -0.313 e. The molecule has 0 aliphatic heterocycles. The van der Waals surface area contributed by atoms with Gasteiger partial charge in [-0.05, 0) is 71.5 Å². The van der Waals surface area contributed by atoms with Crippen molar-refractivity contribution >= 4 is 45.8 Å². The fourth-order valence-corrected chi connectivity index (χ4v) is 3.17. The summed E-state index contributed by atoms with van der Waals surface area (Å²) >= 11 is 14.4. The molecule has 2 aromatic carbocycles. The van der Waals surface area contributed by atoms with Crippen LogP contribution < -0.4 is 5.32 Å². The van der Waals surface area contributed by atoms with Crippen LogP contribution in [0.15, 0.2) is 36.4 Å². The smallest absolute Gasteiger partial charge is 0.142 e. The number of halogens is 4. The molecule has 0 fully saturated rings. The molecule has 2 aromatic rings. The zero-order valence-electron chi connectivity index (χ0n) is 10.8. The molecule has 0 bridgehead atoms. The Hall–Kier alpha value is -0.360. The summed E-state index contributed by atoms with van der Waals surface area (Å²) in [6, 6.07) is 10.7. The van der Waals surface area contributed by atoms with E-state index in [0.717, 1.165) is 14.7 Å². The molecule has 106 valence electrons. The lowest BCUT2D eigenvalue weighted by Crippen LogP contribution is -2.20. The fraction of sp³-hybridized carbons (Fsp3) is 0.200. The molecular formula is C15H13Cl2FIN. The molecule has 1 unspecified atom stereocenters. The SMILES string of the molecule is CNC(Cc1cccc(F)c1Cl)c1cc(Cl)ccc1I. The first-order valence-electron chi connectivity index (χ1n) is 6.08. The van der Waals surface area contributed by atoms with Gasteiger partial charge in [0.2, 0.25) is 0 Å². The summed E-state index contributed by atoms with van der Waals surface area (Å²) in [6.07, 6.45) is 0.601. The van der Waals surface area contributed by atoms with Gasteiger partial charge in [-0.1, -0.05) is 35.3 Å². The Morgan fingerprint density at radius 2 is 2.00 bits per heavy atom. The Kier molecular flexibility index (Phi) is 5.66. The molecule has 0 aliphatic rings. The van der Waals surface area contributed by atoms with Gasteiger partial charge in [0.15, 0.2) is 0 Å². The van der Waals surface area contributed by atoms with Crippen LogP contribution in [0, 0.1) is 9.39 Å². The van der Waals surface area contributed by atoms with E-state index >= 15 is 0 Å².